The number of carbonyl (C=O) groups is 2. The van der Waals surface area contributed by atoms with Crippen LogP contribution in [0.4, 0.5) is 5.69 Å². The molecule has 182 valence electrons. The molecule has 3 N–H and O–H groups in total. The van der Waals surface area contributed by atoms with Crippen LogP contribution in [0, 0.1) is 6.92 Å². The molecule has 0 aliphatic carbocycles. The number of benzene rings is 3. The number of carbonyl (C=O) groups excluding carboxylic acids is 2. The molecule has 0 radical (unpaired) electrons. The van der Waals surface area contributed by atoms with Crippen LogP contribution >= 0.6 is 0 Å². The monoisotopic (exact) mass is 481 g/mol. The lowest BCUT2D eigenvalue weighted by atomic mass is 9.89. The second-order valence-electron chi connectivity index (χ2n) is 8.79. The van der Waals surface area contributed by atoms with Gasteiger partial charge < -0.3 is 11.1 Å². The zero-order chi connectivity index (χ0) is 25.2. The van der Waals surface area contributed by atoms with E-state index in [1.807, 2.05) is 42.5 Å². The van der Waals surface area contributed by atoms with Crippen LogP contribution in [-0.4, -0.2) is 56.7 Å². The van der Waals surface area contributed by atoms with Crippen molar-refractivity contribution < 1.29 is 9.59 Å². The van der Waals surface area contributed by atoms with Crippen molar-refractivity contribution in [2.24, 2.45) is 5.73 Å². The molecule has 1 aromatic heterocycles. The van der Waals surface area contributed by atoms with E-state index in [0.29, 0.717) is 28.2 Å². The van der Waals surface area contributed by atoms with Gasteiger partial charge in [0.25, 0.3) is 11.8 Å². The molecule has 5 rings (SSSR count). The molecule has 2 amide bonds. The van der Waals surface area contributed by atoms with Gasteiger partial charge in [0.15, 0.2) is 5.82 Å². The Bertz CT molecular complexity index is 1470. The minimum absolute atomic E-state index is 0.166. The van der Waals surface area contributed by atoms with Crippen LogP contribution in [0.2, 0.25) is 0 Å². The van der Waals surface area contributed by atoms with Gasteiger partial charge in [0.05, 0.1) is 0 Å². The topological polar surface area (TPSA) is 127 Å². The number of amides is 2. The maximum absolute atomic E-state index is 13.5. The minimum atomic E-state index is -0.332. The van der Waals surface area contributed by atoms with Crippen LogP contribution in [0.15, 0.2) is 48.5 Å². The first kappa shape index (κ1) is 23.5. The highest BCUT2D eigenvalue weighted by atomic mass is 16.2. The Kier molecular flexibility index (Phi) is 6.39. The van der Waals surface area contributed by atoms with Crippen LogP contribution in [0.3, 0.4) is 0 Å². The number of anilines is 1. The number of nitrogens with zero attached hydrogens (tertiary/aromatic N) is 5. The largest absolute Gasteiger partial charge is 0.385 e. The van der Waals surface area contributed by atoms with Gasteiger partial charge in [-0.05, 0) is 54.8 Å². The van der Waals surface area contributed by atoms with Gasteiger partial charge in [-0.2, -0.15) is 0 Å². The maximum atomic E-state index is 13.5. The number of rotatable bonds is 8. The third kappa shape index (κ3) is 4.18. The number of hydrogen-bond donors (Lipinski definition) is 2. The molecule has 0 atom stereocenters. The first-order valence-corrected chi connectivity index (χ1v) is 12.1. The van der Waals surface area contributed by atoms with Gasteiger partial charge in [-0.1, -0.05) is 31.5 Å². The highest BCUT2D eigenvalue weighted by Crippen LogP contribution is 2.38. The Morgan fingerprint density at radius 3 is 2.39 bits per heavy atom. The first-order chi connectivity index (χ1) is 17.5. The molecule has 0 bridgehead atoms. The molecule has 0 fully saturated rings. The van der Waals surface area contributed by atoms with E-state index in [1.54, 1.807) is 13.0 Å². The lowest BCUT2D eigenvalue weighted by molar-refractivity contribution is 0.0615. The number of aromatic nitrogens is 4. The van der Waals surface area contributed by atoms with Crippen molar-refractivity contribution in [3.63, 3.8) is 0 Å². The SMILES string of the molecule is CCCCNc1ccc2c3c(cc(-c4cccc(-c5nnc(C)nn5)c4)cc13)C(=O)N(CCN)C2=O. The first-order valence-electron chi connectivity index (χ1n) is 12.1. The average molecular weight is 482 g/mol. The third-order valence-electron chi connectivity index (χ3n) is 6.30. The lowest BCUT2D eigenvalue weighted by Gasteiger charge is -2.28. The molecule has 4 aromatic rings. The third-order valence-corrected chi connectivity index (χ3v) is 6.30. The molecule has 9 nitrogen and oxygen atoms in total. The average Bonchev–Trinajstić information content (AvgIpc) is 2.90. The van der Waals surface area contributed by atoms with E-state index in [0.717, 1.165) is 47.2 Å². The van der Waals surface area contributed by atoms with Crippen LogP contribution in [0.5, 0.6) is 0 Å². The number of nitrogens with two attached hydrogens (primary N) is 1. The molecule has 9 heteroatoms. The fourth-order valence-corrected chi connectivity index (χ4v) is 4.50. The maximum Gasteiger partial charge on any atom is 0.261 e. The number of hydrogen-bond acceptors (Lipinski definition) is 8. The fourth-order valence-electron chi connectivity index (χ4n) is 4.50. The summed E-state index contributed by atoms with van der Waals surface area (Å²) in [5, 5.41) is 21.3. The Balaban J connectivity index is 1.69. The second kappa shape index (κ2) is 9.79. The predicted molar refractivity (Wildman–Crippen MR) is 139 cm³/mol. The van der Waals surface area contributed by atoms with Crippen LogP contribution in [0.1, 0.15) is 46.3 Å². The van der Waals surface area contributed by atoms with E-state index in [1.165, 1.54) is 4.90 Å². The molecule has 1 aliphatic rings. The second-order valence-corrected chi connectivity index (χ2v) is 8.79. The summed E-state index contributed by atoms with van der Waals surface area (Å²) in [5.74, 6) is 0.276. The van der Waals surface area contributed by atoms with Crippen molar-refractivity contribution in [2.45, 2.75) is 26.7 Å². The molecular weight excluding hydrogens is 454 g/mol. The van der Waals surface area contributed by atoms with Crippen molar-refractivity contribution >= 4 is 28.3 Å². The van der Waals surface area contributed by atoms with Gasteiger partial charge in [0, 0.05) is 52.8 Å². The standard InChI is InChI=1S/C27H27N7O2/c1-3-4-11-29-23-9-8-20-24-21(23)14-19(15-22(24)27(36)34(12-10-28)26(20)35)17-6-5-7-18(13-17)25-32-30-16(2)31-33-25/h5-9,13-15,29H,3-4,10-12,28H2,1-2H3. The normalized spacial score (nSPS) is 12.9. The van der Waals surface area contributed by atoms with Gasteiger partial charge >= 0.3 is 0 Å². The quantitative estimate of drug-likeness (QED) is 0.287. The van der Waals surface area contributed by atoms with E-state index < -0.39 is 0 Å². The van der Waals surface area contributed by atoms with E-state index in [-0.39, 0.29) is 24.9 Å². The van der Waals surface area contributed by atoms with Gasteiger partial charge in [-0.25, -0.2) is 0 Å². The summed E-state index contributed by atoms with van der Waals surface area (Å²) in [6.45, 7) is 5.03. The molecule has 0 saturated heterocycles. The fraction of sp³-hybridized carbons (Fsp3) is 0.259. The zero-order valence-electron chi connectivity index (χ0n) is 20.3. The van der Waals surface area contributed by atoms with E-state index >= 15 is 0 Å². The number of aryl methyl sites for hydroxylation is 1. The Morgan fingerprint density at radius 1 is 0.889 bits per heavy atom. The summed E-state index contributed by atoms with van der Waals surface area (Å²) in [4.78, 5) is 27.9. The van der Waals surface area contributed by atoms with E-state index in [9.17, 15) is 9.59 Å². The lowest BCUT2D eigenvalue weighted by Crippen LogP contribution is -2.43. The molecular formula is C27H27N7O2. The minimum Gasteiger partial charge on any atom is -0.385 e. The predicted octanol–water partition coefficient (Wildman–Crippen LogP) is 3.83. The smallest absolute Gasteiger partial charge is 0.261 e. The molecule has 0 unspecified atom stereocenters. The highest BCUT2D eigenvalue weighted by Gasteiger charge is 2.33. The van der Waals surface area contributed by atoms with Crippen molar-refractivity contribution in [3.05, 3.63) is 65.5 Å². The highest BCUT2D eigenvalue weighted by molar-refractivity contribution is 6.27. The van der Waals surface area contributed by atoms with Gasteiger partial charge in [-0.15, -0.1) is 20.4 Å². The van der Waals surface area contributed by atoms with Crippen molar-refractivity contribution in [2.75, 3.05) is 25.0 Å². The number of nitrogens with one attached hydrogen (secondary N) is 1. The van der Waals surface area contributed by atoms with Gasteiger partial charge in [0.2, 0.25) is 5.82 Å². The summed E-state index contributed by atoms with van der Waals surface area (Å²) in [6, 6.07) is 15.3. The summed E-state index contributed by atoms with van der Waals surface area (Å²) < 4.78 is 0. The summed E-state index contributed by atoms with van der Waals surface area (Å²) >= 11 is 0. The molecule has 0 saturated carbocycles. The van der Waals surface area contributed by atoms with Crippen molar-refractivity contribution in [1.82, 2.24) is 25.3 Å². The Hall–Kier alpha value is -4.24. The van der Waals surface area contributed by atoms with Crippen molar-refractivity contribution in [3.8, 4) is 22.5 Å². The van der Waals surface area contributed by atoms with Gasteiger partial charge in [-0.3, -0.25) is 14.5 Å². The van der Waals surface area contributed by atoms with Crippen LogP contribution in [-0.2, 0) is 0 Å². The summed E-state index contributed by atoms with van der Waals surface area (Å²) in [7, 11) is 0. The Morgan fingerprint density at radius 2 is 1.64 bits per heavy atom. The number of imide groups is 1. The van der Waals surface area contributed by atoms with Gasteiger partial charge in [0.1, 0.15) is 0 Å². The van der Waals surface area contributed by atoms with Crippen molar-refractivity contribution in [1.29, 1.82) is 0 Å². The molecule has 3 aromatic carbocycles. The van der Waals surface area contributed by atoms with E-state index in [4.69, 9.17) is 5.73 Å². The van der Waals surface area contributed by atoms with Crippen LogP contribution < -0.4 is 11.1 Å². The zero-order valence-corrected chi connectivity index (χ0v) is 20.3. The Labute approximate surface area is 208 Å². The molecule has 1 aliphatic heterocycles. The summed E-state index contributed by atoms with van der Waals surface area (Å²) in [6.07, 6.45) is 2.07. The molecule has 36 heavy (non-hydrogen) atoms. The molecule has 2 heterocycles. The van der Waals surface area contributed by atoms with E-state index in [2.05, 4.69) is 32.6 Å². The van der Waals surface area contributed by atoms with Crippen LogP contribution in [0.25, 0.3) is 33.3 Å². The summed E-state index contributed by atoms with van der Waals surface area (Å²) in [5.41, 5.74) is 10.1. The number of unbranched alkanes of at least 4 members (excludes halogenated alkanes) is 1. The molecule has 0 spiro atoms.